The van der Waals surface area contributed by atoms with E-state index in [-0.39, 0.29) is 24.3 Å². The van der Waals surface area contributed by atoms with Gasteiger partial charge in [-0.3, -0.25) is 24.6 Å². The number of methoxy groups -OCH3 is 2. The van der Waals surface area contributed by atoms with Gasteiger partial charge in [0.2, 0.25) is 11.8 Å². The van der Waals surface area contributed by atoms with Gasteiger partial charge in [-0.2, -0.15) is 13.2 Å². The molecule has 42 heavy (non-hydrogen) atoms. The second kappa shape index (κ2) is 12.7. The lowest BCUT2D eigenvalue weighted by atomic mass is 9.75. The molecule has 2 heterocycles. The molecule has 0 unspecified atom stereocenters. The van der Waals surface area contributed by atoms with Gasteiger partial charge >= 0.3 is 18.1 Å². The molecular weight excluding hydrogens is 581 g/mol. The highest BCUT2D eigenvalue weighted by molar-refractivity contribution is 6.30. The number of rotatable bonds is 7. The molecule has 2 saturated heterocycles. The molecule has 2 aromatic carbocycles. The van der Waals surface area contributed by atoms with Crippen LogP contribution in [0.1, 0.15) is 38.8 Å². The Hall–Kier alpha value is -3.64. The molecule has 0 bridgehead atoms. The first-order chi connectivity index (χ1) is 19.6. The van der Waals surface area contributed by atoms with Crippen LogP contribution in [0.15, 0.2) is 42.5 Å². The number of imide groups is 1. The lowest BCUT2D eigenvalue weighted by Crippen LogP contribution is -2.57. The maximum absolute atomic E-state index is 13.4. The molecule has 0 aromatic heterocycles. The van der Waals surface area contributed by atoms with Crippen molar-refractivity contribution in [3.05, 3.63) is 53.1 Å². The third-order valence-electron chi connectivity index (χ3n) is 7.30. The van der Waals surface area contributed by atoms with Gasteiger partial charge in [0.05, 0.1) is 26.1 Å². The standard InChI is InChI=1S/C27H31ClN2O5.C2HF3O2/c1-6-30-24(31)21-22(25(30)32)27(14-15(2)3,26(33)35-5)29-23(21)17-10-11-19(20(13-17)34-4)16-8-7-9-18(28)12-16;3-2(4,5)1(6)7/h7-13,15,21-23,29H,6,14H2,1-5H3;(H,6,7)/t21-,22-,23-,27-;/m1./s1. The Morgan fingerprint density at radius 3 is 2.26 bits per heavy atom. The topological polar surface area (TPSA) is 122 Å². The number of carbonyl (C=O) groups excluding carboxylic acids is 3. The molecule has 2 fully saturated rings. The highest BCUT2D eigenvalue weighted by Gasteiger charge is 2.68. The monoisotopic (exact) mass is 612 g/mol. The molecule has 9 nitrogen and oxygen atoms in total. The number of carboxylic acid groups (broad SMARTS) is 1. The number of esters is 1. The number of aliphatic carboxylic acids is 1. The van der Waals surface area contributed by atoms with E-state index in [0.717, 1.165) is 16.7 Å². The Morgan fingerprint density at radius 1 is 1.12 bits per heavy atom. The summed E-state index contributed by atoms with van der Waals surface area (Å²) in [5.74, 6) is -4.75. The minimum absolute atomic E-state index is 0.0827. The summed E-state index contributed by atoms with van der Waals surface area (Å²) in [6, 6.07) is 12.6. The van der Waals surface area contributed by atoms with Crippen molar-refractivity contribution in [2.45, 2.75) is 44.9 Å². The lowest BCUT2D eigenvalue weighted by Gasteiger charge is -2.33. The predicted octanol–water partition coefficient (Wildman–Crippen LogP) is 4.87. The third-order valence-corrected chi connectivity index (χ3v) is 7.54. The van der Waals surface area contributed by atoms with E-state index in [0.29, 0.717) is 17.2 Å². The number of carboxylic acids is 1. The summed E-state index contributed by atoms with van der Waals surface area (Å²) in [6.45, 7) is 5.99. The van der Waals surface area contributed by atoms with Crippen molar-refractivity contribution < 1.29 is 46.9 Å². The Kier molecular flexibility index (Phi) is 9.94. The second-order valence-corrected chi connectivity index (χ2v) is 10.8. The van der Waals surface area contributed by atoms with Crippen molar-refractivity contribution in [3.8, 4) is 16.9 Å². The minimum atomic E-state index is -5.08. The third kappa shape index (κ3) is 6.24. The number of hydrogen-bond donors (Lipinski definition) is 2. The summed E-state index contributed by atoms with van der Waals surface area (Å²) in [4.78, 5) is 50.3. The number of ether oxygens (including phenoxy) is 2. The summed E-state index contributed by atoms with van der Waals surface area (Å²) < 4.78 is 42.6. The number of alkyl halides is 3. The SMILES string of the molecule is CCN1C(=O)[C@H]2[C@@H](c3ccc(-c4cccc(Cl)c4)c(OC)c3)N[C@@](CC(C)C)(C(=O)OC)[C@H]2C1=O.O=C(O)C(F)(F)F. The van der Waals surface area contributed by atoms with Crippen LogP contribution in [0.25, 0.3) is 11.1 Å². The van der Waals surface area contributed by atoms with Crippen LogP contribution in [-0.4, -0.2) is 66.2 Å². The molecule has 2 N–H and O–H groups in total. The van der Waals surface area contributed by atoms with Crippen LogP contribution in [-0.2, 0) is 23.9 Å². The highest BCUT2D eigenvalue weighted by atomic mass is 35.5. The molecule has 2 aliphatic rings. The van der Waals surface area contributed by atoms with Gasteiger partial charge in [0, 0.05) is 23.2 Å². The van der Waals surface area contributed by atoms with Crippen molar-refractivity contribution in [2.75, 3.05) is 20.8 Å². The van der Waals surface area contributed by atoms with Crippen molar-refractivity contribution in [3.63, 3.8) is 0 Å². The maximum Gasteiger partial charge on any atom is 0.490 e. The smallest absolute Gasteiger partial charge is 0.490 e. The molecule has 2 amide bonds. The molecule has 228 valence electrons. The number of nitrogens with one attached hydrogen (secondary N) is 1. The fourth-order valence-corrected chi connectivity index (χ4v) is 5.93. The van der Waals surface area contributed by atoms with Crippen molar-refractivity contribution in [1.29, 1.82) is 0 Å². The van der Waals surface area contributed by atoms with Gasteiger partial charge in [0.1, 0.15) is 11.3 Å². The number of likely N-dealkylation sites (tertiary alicyclic amines) is 1. The van der Waals surface area contributed by atoms with E-state index in [2.05, 4.69) is 5.32 Å². The first-order valence-corrected chi connectivity index (χ1v) is 13.5. The van der Waals surface area contributed by atoms with Gasteiger partial charge in [-0.1, -0.05) is 49.7 Å². The van der Waals surface area contributed by atoms with E-state index in [1.807, 2.05) is 50.2 Å². The Morgan fingerprint density at radius 2 is 1.76 bits per heavy atom. The quantitative estimate of drug-likeness (QED) is 0.335. The van der Waals surface area contributed by atoms with E-state index in [1.54, 1.807) is 20.1 Å². The van der Waals surface area contributed by atoms with Crippen molar-refractivity contribution in [1.82, 2.24) is 10.2 Å². The largest absolute Gasteiger partial charge is 0.496 e. The van der Waals surface area contributed by atoms with Gasteiger partial charge in [0.15, 0.2) is 0 Å². The number of carbonyl (C=O) groups is 4. The molecule has 2 aromatic rings. The summed E-state index contributed by atoms with van der Waals surface area (Å²) >= 11 is 6.19. The number of halogens is 4. The Balaban J connectivity index is 0.000000616. The Labute approximate surface area is 245 Å². The minimum Gasteiger partial charge on any atom is -0.496 e. The molecule has 0 saturated carbocycles. The van der Waals surface area contributed by atoms with Crippen LogP contribution < -0.4 is 10.1 Å². The van der Waals surface area contributed by atoms with Crippen LogP contribution in [0.2, 0.25) is 5.02 Å². The molecule has 0 radical (unpaired) electrons. The van der Waals surface area contributed by atoms with Crippen LogP contribution in [0.4, 0.5) is 13.2 Å². The van der Waals surface area contributed by atoms with Crippen LogP contribution >= 0.6 is 11.6 Å². The molecule has 13 heteroatoms. The number of fused-ring (bicyclic) bond motifs is 1. The van der Waals surface area contributed by atoms with Crippen molar-refractivity contribution in [2.24, 2.45) is 17.8 Å². The number of nitrogens with zero attached hydrogens (tertiary/aromatic N) is 1. The number of hydrogen-bond acceptors (Lipinski definition) is 7. The van der Waals surface area contributed by atoms with E-state index < -0.39 is 41.5 Å². The fraction of sp³-hybridized carbons (Fsp3) is 0.448. The maximum atomic E-state index is 13.4. The first kappa shape index (κ1) is 32.9. The van der Waals surface area contributed by atoms with E-state index >= 15 is 0 Å². The van der Waals surface area contributed by atoms with E-state index in [9.17, 15) is 27.6 Å². The zero-order valence-corrected chi connectivity index (χ0v) is 24.4. The van der Waals surface area contributed by atoms with E-state index in [4.69, 9.17) is 31.0 Å². The van der Waals surface area contributed by atoms with Gasteiger partial charge < -0.3 is 14.6 Å². The van der Waals surface area contributed by atoms with E-state index in [1.165, 1.54) is 12.0 Å². The Bertz CT molecular complexity index is 1370. The van der Waals surface area contributed by atoms with Gasteiger partial charge in [-0.05, 0) is 48.6 Å². The molecular formula is C29H32ClF3N2O7. The van der Waals surface area contributed by atoms with Gasteiger partial charge in [0.25, 0.3) is 0 Å². The fourth-order valence-electron chi connectivity index (χ4n) is 5.74. The average molecular weight is 613 g/mol. The molecule has 0 spiro atoms. The van der Waals surface area contributed by atoms with Crippen molar-refractivity contribution >= 4 is 35.4 Å². The highest BCUT2D eigenvalue weighted by Crippen LogP contribution is 2.52. The van der Waals surface area contributed by atoms with Gasteiger partial charge in [-0.15, -0.1) is 0 Å². The summed E-state index contributed by atoms with van der Waals surface area (Å²) in [5.41, 5.74) is 1.20. The number of benzene rings is 2. The van der Waals surface area contributed by atoms with Crippen LogP contribution in [0, 0.1) is 17.8 Å². The molecule has 4 atom stereocenters. The predicted molar refractivity (Wildman–Crippen MR) is 147 cm³/mol. The lowest BCUT2D eigenvalue weighted by molar-refractivity contribution is -0.192. The van der Waals surface area contributed by atoms with Crippen LogP contribution in [0.5, 0.6) is 5.75 Å². The zero-order valence-electron chi connectivity index (χ0n) is 23.6. The number of amides is 2. The molecule has 0 aliphatic carbocycles. The zero-order chi connectivity index (χ0) is 31.6. The van der Waals surface area contributed by atoms with Gasteiger partial charge in [-0.25, -0.2) is 4.79 Å². The summed E-state index contributed by atoms with van der Waals surface area (Å²) in [5, 5.41) is 11.1. The normalized spacial score (nSPS) is 23.4. The summed E-state index contributed by atoms with van der Waals surface area (Å²) in [6.07, 6.45) is -4.72. The molecule has 2 aliphatic heterocycles. The molecule has 4 rings (SSSR count). The second-order valence-electron chi connectivity index (χ2n) is 10.4. The average Bonchev–Trinajstić information content (AvgIpc) is 3.40. The van der Waals surface area contributed by atoms with Crippen LogP contribution in [0.3, 0.4) is 0 Å². The first-order valence-electron chi connectivity index (χ1n) is 13.1. The summed E-state index contributed by atoms with van der Waals surface area (Å²) in [7, 11) is 2.90.